The van der Waals surface area contributed by atoms with Crippen molar-refractivity contribution in [3.8, 4) is 0 Å². The van der Waals surface area contributed by atoms with Gasteiger partial charge in [0.15, 0.2) is 0 Å². The zero-order valence-electron chi connectivity index (χ0n) is 11.6. The molecule has 0 bridgehead atoms. The minimum atomic E-state index is -0.946. The summed E-state index contributed by atoms with van der Waals surface area (Å²) >= 11 is 0. The number of nitrogens with zero attached hydrogens (tertiary/aromatic N) is 1. The molecule has 0 aromatic rings. The number of carboxylic acids is 1. The lowest BCUT2D eigenvalue weighted by Crippen LogP contribution is -2.46. The maximum atomic E-state index is 11.7. The Morgan fingerprint density at radius 1 is 1.18 bits per heavy atom. The third kappa shape index (κ3) is 6.14. The van der Waals surface area contributed by atoms with Gasteiger partial charge in [-0.3, -0.25) is 4.79 Å². The summed E-state index contributed by atoms with van der Waals surface area (Å²) in [7, 11) is 1.70. The lowest BCUT2D eigenvalue weighted by Gasteiger charge is -2.28. The Bertz CT molecular complexity index is 293. The van der Waals surface area contributed by atoms with E-state index in [1.807, 2.05) is 20.8 Å². The molecular weight excluding hydrogens is 220 g/mol. The Balaban J connectivity index is 4.24. The Kier molecular flexibility index (Phi) is 4.98. The van der Waals surface area contributed by atoms with E-state index in [0.717, 1.165) is 0 Å². The fraction of sp³-hybridized carbons (Fsp3) is 0.833. The Hall–Kier alpha value is -1.26. The van der Waals surface area contributed by atoms with Crippen LogP contribution >= 0.6 is 0 Å². The van der Waals surface area contributed by atoms with Crippen LogP contribution in [-0.2, 0) is 4.79 Å². The van der Waals surface area contributed by atoms with Crippen LogP contribution in [0.4, 0.5) is 4.79 Å². The Labute approximate surface area is 103 Å². The number of carbonyl (C=O) groups excluding carboxylic acids is 1. The maximum absolute atomic E-state index is 11.7. The molecule has 0 aliphatic carbocycles. The summed E-state index contributed by atoms with van der Waals surface area (Å²) in [5.74, 6) is -0.920. The SMILES string of the molecule is CN(CC(C)(C)C)C(=O)NCC(C)(C)C(=O)O. The van der Waals surface area contributed by atoms with Crippen molar-refractivity contribution in [1.82, 2.24) is 10.2 Å². The largest absolute Gasteiger partial charge is 0.481 e. The van der Waals surface area contributed by atoms with Crippen molar-refractivity contribution in [3.05, 3.63) is 0 Å². The van der Waals surface area contributed by atoms with Crippen molar-refractivity contribution in [1.29, 1.82) is 0 Å². The molecule has 0 unspecified atom stereocenters. The van der Waals surface area contributed by atoms with Gasteiger partial charge in [-0.1, -0.05) is 20.8 Å². The van der Waals surface area contributed by atoms with Crippen LogP contribution in [0.1, 0.15) is 34.6 Å². The Morgan fingerprint density at radius 3 is 2.00 bits per heavy atom. The highest BCUT2D eigenvalue weighted by atomic mass is 16.4. The van der Waals surface area contributed by atoms with Crippen molar-refractivity contribution in [2.45, 2.75) is 34.6 Å². The van der Waals surface area contributed by atoms with Gasteiger partial charge in [0.05, 0.1) is 5.41 Å². The average molecular weight is 244 g/mol. The van der Waals surface area contributed by atoms with E-state index in [9.17, 15) is 9.59 Å². The summed E-state index contributed by atoms with van der Waals surface area (Å²) in [6, 6.07) is -0.241. The molecule has 17 heavy (non-hydrogen) atoms. The van der Waals surface area contributed by atoms with Crippen LogP contribution in [0.3, 0.4) is 0 Å². The Morgan fingerprint density at radius 2 is 1.65 bits per heavy atom. The van der Waals surface area contributed by atoms with E-state index in [-0.39, 0.29) is 18.0 Å². The third-order valence-electron chi connectivity index (χ3n) is 2.32. The van der Waals surface area contributed by atoms with Gasteiger partial charge in [0, 0.05) is 20.1 Å². The zero-order chi connectivity index (χ0) is 13.9. The first-order valence-electron chi connectivity index (χ1n) is 5.68. The summed E-state index contributed by atoms with van der Waals surface area (Å²) < 4.78 is 0. The van der Waals surface area contributed by atoms with Gasteiger partial charge in [-0.05, 0) is 19.3 Å². The highest BCUT2D eigenvalue weighted by Gasteiger charge is 2.28. The zero-order valence-corrected chi connectivity index (χ0v) is 11.6. The predicted octanol–water partition coefficient (Wildman–Crippen LogP) is 1.78. The number of aliphatic carboxylic acids is 1. The quantitative estimate of drug-likeness (QED) is 0.792. The minimum Gasteiger partial charge on any atom is -0.481 e. The average Bonchev–Trinajstić information content (AvgIpc) is 2.11. The van der Waals surface area contributed by atoms with Crippen LogP contribution in [0.25, 0.3) is 0 Å². The molecule has 5 heteroatoms. The maximum Gasteiger partial charge on any atom is 0.317 e. The van der Waals surface area contributed by atoms with Gasteiger partial charge in [0.2, 0.25) is 0 Å². The molecule has 0 aromatic heterocycles. The van der Waals surface area contributed by atoms with Crippen molar-refractivity contribution >= 4 is 12.0 Å². The fourth-order valence-corrected chi connectivity index (χ4v) is 1.29. The molecule has 0 aromatic carbocycles. The first kappa shape index (κ1) is 15.7. The van der Waals surface area contributed by atoms with Gasteiger partial charge in [-0.2, -0.15) is 0 Å². The van der Waals surface area contributed by atoms with Crippen LogP contribution in [0.5, 0.6) is 0 Å². The van der Waals surface area contributed by atoms with Crippen LogP contribution in [0.15, 0.2) is 0 Å². The number of urea groups is 1. The topological polar surface area (TPSA) is 69.6 Å². The molecule has 0 aliphatic rings. The molecule has 2 N–H and O–H groups in total. The molecule has 5 nitrogen and oxygen atoms in total. The number of rotatable bonds is 4. The van der Waals surface area contributed by atoms with Crippen LogP contribution in [0, 0.1) is 10.8 Å². The van der Waals surface area contributed by atoms with Crippen LogP contribution in [0.2, 0.25) is 0 Å². The van der Waals surface area contributed by atoms with E-state index in [1.54, 1.807) is 25.8 Å². The lowest BCUT2D eigenvalue weighted by molar-refractivity contribution is -0.146. The molecule has 0 radical (unpaired) electrons. The lowest BCUT2D eigenvalue weighted by atomic mass is 9.94. The van der Waals surface area contributed by atoms with Gasteiger partial charge in [-0.25, -0.2) is 4.79 Å². The molecule has 0 atom stereocenters. The molecule has 0 saturated heterocycles. The molecule has 0 fully saturated rings. The predicted molar refractivity (Wildman–Crippen MR) is 66.9 cm³/mol. The number of nitrogens with one attached hydrogen (secondary N) is 1. The van der Waals surface area contributed by atoms with Gasteiger partial charge in [-0.15, -0.1) is 0 Å². The summed E-state index contributed by atoms with van der Waals surface area (Å²) in [6.45, 7) is 10.0. The van der Waals surface area contributed by atoms with E-state index in [1.165, 1.54) is 0 Å². The standard InChI is InChI=1S/C12H24N2O3/c1-11(2,3)8-14(6)10(17)13-7-12(4,5)9(15)16/h7-8H2,1-6H3,(H,13,17)(H,15,16). The van der Waals surface area contributed by atoms with E-state index in [4.69, 9.17) is 5.11 Å². The van der Waals surface area contributed by atoms with Crippen molar-refractivity contribution in [2.75, 3.05) is 20.1 Å². The van der Waals surface area contributed by atoms with Gasteiger partial charge < -0.3 is 15.3 Å². The van der Waals surface area contributed by atoms with Gasteiger partial charge in [0.25, 0.3) is 0 Å². The molecule has 2 amide bonds. The molecule has 0 heterocycles. The molecule has 0 spiro atoms. The number of hydrogen-bond acceptors (Lipinski definition) is 2. The summed E-state index contributed by atoms with van der Waals surface area (Å²) in [5, 5.41) is 11.5. The first-order valence-corrected chi connectivity index (χ1v) is 5.68. The van der Waals surface area contributed by atoms with Crippen molar-refractivity contribution in [2.24, 2.45) is 10.8 Å². The van der Waals surface area contributed by atoms with Crippen molar-refractivity contribution in [3.63, 3.8) is 0 Å². The summed E-state index contributed by atoms with van der Waals surface area (Å²) in [5.41, 5.74) is -0.924. The van der Waals surface area contributed by atoms with Crippen molar-refractivity contribution < 1.29 is 14.7 Å². The highest BCUT2D eigenvalue weighted by Crippen LogP contribution is 2.15. The number of carboxylic acid groups (broad SMARTS) is 1. The molecule has 0 saturated carbocycles. The van der Waals surface area contributed by atoms with E-state index in [0.29, 0.717) is 6.54 Å². The second kappa shape index (κ2) is 5.38. The number of carbonyl (C=O) groups is 2. The van der Waals surface area contributed by atoms with E-state index >= 15 is 0 Å². The second-order valence-electron chi connectivity index (χ2n) is 6.26. The smallest absolute Gasteiger partial charge is 0.317 e. The fourth-order valence-electron chi connectivity index (χ4n) is 1.29. The molecule has 0 aliphatic heterocycles. The molecular formula is C12H24N2O3. The first-order chi connectivity index (χ1) is 7.46. The van der Waals surface area contributed by atoms with Gasteiger partial charge >= 0.3 is 12.0 Å². The second-order valence-corrected chi connectivity index (χ2v) is 6.26. The molecule has 100 valence electrons. The number of hydrogen-bond donors (Lipinski definition) is 2. The third-order valence-corrected chi connectivity index (χ3v) is 2.32. The normalized spacial score (nSPS) is 12.1. The number of amides is 2. The summed E-state index contributed by atoms with van der Waals surface area (Å²) in [6.07, 6.45) is 0. The van der Waals surface area contributed by atoms with E-state index < -0.39 is 11.4 Å². The summed E-state index contributed by atoms with van der Waals surface area (Å²) in [4.78, 5) is 24.1. The van der Waals surface area contributed by atoms with Gasteiger partial charge in [0.1, 0.15) is 0 Å². The van der Waals surface area contributed by atoms with Crippen LogP contribution < -0.4 is 5.32 Å². The highest BCUT2D eigenvalue weighted by molar-refractivity contribution is 5.77. The molecule has 0 rings (SSSR count). The minimum absolute atomic E-state index is 0.0222. The monoisotopic (exact) mass is 244 g/mol. The van der Waals surface area contributed by atoms with Crippen LogP contribution in [-0.4, -0.2) is 42.1 Å². The van der Waals surface area contributed by atoms with E-state index in [2.05, 4.69) is 5.32 Å².